The fourth-order valence-corrected chi connectivity index (χ4v) is 3.99. The van der Waals surface area contributed by atoms with Gasteiger partial charge in [0.15, 0.2) is 0 Å². The first-order valence-electron chi connectivity index (χ1n) is 10.7. The number of likely N-dealkylation sites (tertiary alicyclic amines) is 1. The van der Waals surface area contributed by atoms with Crippen LogP contribution in [0.15, 0.2) is 42.6 Å². The van der Waals surface area contributed by atoms with Crippen LogP contribution in [-0.2, 0) is 16.1 Å². The number of ether oxygens (including phenoxy) is 1. The minimum absolute atomic E-state index is 0.0126. The van der Waals surface area contributed by atoms with Gasteiger partial charge in [0.1, 0.15) is 11.6 Å². The van der Waals surface area contributed by atoms with Crippen LogP contribution in [0.25, 0.3) is 0 Å². The molecule has 0 radical (unpaired) electrons. The van der Waals surface area contributed by atoms with E-state index >= 15 is 0 Å². The molecule has 0 atom stereocenters. The zero-order valence-corrected chi connectivity index (χ0v) is 17.4. The highest BCUT2D eigenvalue weighted by Gasteiger charge is 2.27. The van der Waals surface area contributed by atoms with Crippen LogP contribution in [0.3, 0.4) is 0 Å². The fraction of sp³-hybridized carbons (Fsp3) is 0.435. The molecule has 1 aromatic heterocycles. The quantitative estimate of drug-likeness (QED) is 0.794. The molecule has 3 heterocycles. The molecule has 1 aromatic carbocycles. The molecule has 2 aliphatic heterocycles. The van der Waals surface area contributed by atoms with Crippen molar-refractivity contribution in [3.8, 4) is 0 Å². The first-order valence-corrected chi connectivity index (χ1v) is 10.7. The number of pyridine rings is 1. The normalized spacial score (nSPS) is 17.5. The second-order valence-electron chi connectivity index (χ2n) is 7.91. The van der Waals surface area contributed by atoms with Crippen molar-refractivity contribution < 1.29 is 18.7 Å². The van der Waals surface area contributed by atoms with Gasteiger partial charge in [-0.05, 0) is 54.8 Å². The molecule has 4 rings (SSSR count). The van der Waals surface area contributed by atoms with Crippen molar-refractivity contribution in [1.82, 2.24) is 15.2 Å². The maximum absolute atomic E-state index is 13.1. The third-order valence-corrected chi connectivity index (χ3v) is 5.86. The number of aromatic nitrogens is 1. The van der Waals surface area contributed by atoms with E-state index in [2.05, 4.69) is 15.2 Å². The third kappa shape index (κ3) is 5.38. The van der Waals surface area contributed by atoms with E-state index in [1.54, 1.807) is 11.1 Å². The van der Waals surface area contributed by atoms with E-state index in [9.17, 15) is 14.0 Å². The smallest absolute Gasteiger partial charge is 0.253 e. The van der Waals surface area contributed by atoms with Crippen molar-refractivity contribution in [3.05, 3.63) is 59.5 Å². The molecule has 2 amide bonds. The molecular formula is C23H27FN4O3. The number of amides is 2. The van der Waals surface area contributed by atoms with Gasteiger partial charge in [-0.25, -0.2) is 9.37 Å². The van der Waals surface area contributed by atoms with Gasteiger partial charge in [-0.15, -0.1) is 0 Å². The average Bonchev–Trinajstić information content (AvgIpc) is 2.83. The highest BCUT2D eigenvalue weighted by atomic mass is 19.1. The highest BCUT2D eigenvalue weighted by Crippen LogP contribution is 2.20. The molecule has 7 nitrogen and oxygen atoms in total. The lowest BCUT2D eigenvalue weighted by atomic mass is 9.95. The first-order chi connectivity index (χ1) is 15.1. The Morgan fingerprint density at radius 1 is 1.06 bits per heavy atom. The van der Waals surface area contributed by atoms with Crippen LogP contribution in [-0.4, -0.2) is 61.1 Å². The predicted molar refractivity (Wildman–Crippen MR) is 114 cm³/mol. The van der Waals surface area contributed by atoms with E-state index in [0.29, 0.717) is 51.3 Å². The zero-order chi connectivity index (χ0) is 21.6. The number of nitrogens with zero attached hydrogens (tertiary/aromatic N) is 3. The van der Waals surface area contributed by atoms with Gasteiger partial charge >= 0.3 is 0 Å². The number of piperidine rings is 1. The van der Waals surface area contributed by atoms with Crippen LogP contribution in [0.1, 0.15) is 28.8 Å². The molecule has 0 spiro atoms. The molecule has 0 bridgehead atoms. The Balaban J connectivity index is 1.26. The lowest BCUT2D eigenvalue weighted by molar-refractivity contribution is -0.126. The van der Waals surface area contributed by atoms with Gasteiger partial charge < -0.3 is 19.9 Å². The van der Waals surface area contributed by atoms with Crippen LogP contribution in [0.2, 0.25) is 0 Å². The third-order valence-electron chi connectivity index (χ3n) is 5.86. The molecule has 31 heavy (non-hydrogen) atoms. The van der Waals surface area contributed by atoms with E-state index in [0.717, 1.165) is 24.5 Å². The second-order valence-corrected chi connectivity index (χ2v) is 7.91. The minimum atomic E-state index is -0.363. The summed E-state index contributed by atoms with van der Waals surface area (Å²) in [5.74, 6) is 0.323. The molecular weight excluding hydrogens is 399 g/mol. The fourth-order valence-electron chi connectivity index (χ4n) is 3.99. The Labute approximate surface area is 181 Å². The van der Waals surface area contributed by atoms with Gasteiger partial charge in [-0.2, -0.15) is 0 Å². The van der Waals surface area contributed by atoms with Gasteiger partial charge in [0.05, 0.1) is 13.2 Å². The SMILES string of the molecule is O=C(NCc1ccnc(N2CCOCC2)c1)C1CCN(C(=O)c2ccc(F)cc2)CC1. The minimum Gasteiger partial charge on any atom is -0.378 e. The number of anilines is 1. The second kappa shape index (κ2) is 9.87. The van der Waals surface area contributed by atoms with E-state index in [4.69, 9.17) is 4.74 Å². The molecule has 0 saturated carbocycles. The summed E-state index contributed by atoms with van der Waals surface area (Å²) in [5.41, 5.74) is 1.48. The van der Waals surface area contributed by atoms with Crippen molar-refractivity contribution >= 4 is 17.6 Å². The Kier molecular flexibility index (Phi) is 6.76. The van der Waals surface area contributed by atoms with Crippen LogP contribution < -0.4 is 10.2 Å². The van der Waals surface area contributed by atoms with Crippen molar-refractivity contribution in [2.45, 2.75) is 19.4 Å². The Morgan fingerprint density at radius 3 is 2.48 bits per heavy atom. The molecule has 164 valence electrons. The lowest BCUT2D eigenvalue weighted by Crippen LogP contribution is -2.43. The monoisotopic (exact) mass is 426 g/mol. The van der Waals surface area contributed by atoms with Gasteiger partial charge in [0, 0.05) is 50.4 Å². The predicted octanol–water partition coefficient (Wildman–Crippen LogP) is 2.23. The topological polar surface area (TPSA) is 74.8 Å². The summed E-state index contributed by atoms with van der Waals surface area (Å²) < 4.78 is 18.4. The lowest BCUT2D eigenvalue weighted by Gasteiger charge is -2.31. The van der Waals surface area contributed by atoms with Crippen molar-refractivity contribution in [1.29, 1.82) is 0 Å². The number of hydrogen-bond acceptors (Lipinski definition) is 5. The number of rotatable bonds is 5. The number of benzene rings is 1. The number of hydrogen-bond donors (Lipinski definition) is 1. The van der Waals surface area contributed by atoms with Crippen LogP contribution in [0, 0.1) is 11.7 Å². The molecule has 2 saturated heterocycles. The van der Waals surface area contributed by atoms with Crippen molar-refractivity contribution in [2.75, 3.05) is 44.3 Å². The summed E-state index contributed by atoms with van der Waals surface area (Å²) >= 11 is 0. The number of carbonyl (C=O) groups excluding carboxylic acids is 2. The van der Waals surface area contributed by atoms with Crippen molar-refractivity contribution in [3.63, 3.8) is 0 Å². The number of halogens is 1. The molecule has 2 aliphatic rings. The Bertz CT molecular complexity index is 907. The van der Waals surface area contributed by atoms with Gasteiger partial charge in [-0.3, -0.25) is 9.59 Å². The number of carbonyl (C=O) groups is 2. The largest absolute Gasteiger partial charge is 0.378 e. The first kappa shape index (κ1) is 21.2. The standard InChI is InChI=1S/C23H27FN4O3/c24-20-3-1-19(2-4-20)23(30)28-9-6-18(7-10-28)22(29)26-16-17-5-8-25-21(15-17)27-11-13-31-14-12-27/h1-5,8,15,18H,6-7,9-14,16H2,(H,26,29). The van der Waals surface area contributed by atoms with Gasteiger partial charge in [0.2, 0.25) is 5.91 Å². The van der Waals surface area contributed by atoms with Crippen molar-refractivity contribution in [2.24, 2.45) is 5.92 Å². The van der Waals surface area contributed by atoms with E-state index < -0.39 is 0 Å². The summed E-state index contributed by atoms with van der Waals surface area (Å²) in [7, 11) is 0. The van der Waals surface area contributed by atoms with Gasteiger partial charge in [0.25, 0.3) is 5.91 Å². The Morgan fingerprint density at radius 2 is 1.77 bits per heavy atom. The average molecular weight is 426 g/mol. The van der Waals surface area contributed by atoms with E-state index in [-0.39, 0.29) is 23.5 Å². The molecule has 2 aromatic rings. The highest BCUT2D eigenvalue weighted by molar-refractivity contribution is 5.94. The van der Waals surface area contributed by atoms with E-state index in [1.165, 1.54) is 24.3 Å². The zero-order valence-electron chi connectivity index (χ0n) is 17.4. The van der Waals surface area contributed by atoms with Crippen LogP contribution in [0.4, 0.5) is 10.2 Å². The number of morpholine rings is 1. The summed E-state index contributed by atoms with van der Waals surface area (Å²) in [6.45, 7) is 4.52. The summed E-state index contributed by atoms with van der Waals surface area (Å²) in [4.78, 5) is 33.5. The summed E-state index contributed by atoms with van der Waals surface area (Å²) in [6, 6.07) is 9.49. The Hall–Kier alpha value is -3.00. The molecule has 8 heteroatoms. The summed E-state index contributed by atoms with van der Waals surface area (Å²) in [5, 5.41) is 3.03. The van der Waals surface area contributed by atoms with Crippen LogP contribution >= 0.6 is 0 Å². The maximum atomic E-state index is 13.1. The number of nitrogens with one attached hydrogen (secondary N) is 1. The molecule has 2 fully saturated rings. The molecule has 0 aliphatic carbocycles. The van der Waals surface area contributed by atoms with Crippen LogP contribution in [0.5, 0.6) is 0 Å². The van der Waals surface area contributed by atoms with Gasteiger partial charge in [-0.1, -0.05) is 0 Å². The molecule has 1 N–H and O–H groups in total. The molecule has 0 unspecified atom stereocenters. The summed E-state index contributed by atoms with van der Waals surface area (Å²) in [6.07, 6.45) is 3.01. The maximum Gasteiger partial charge on any atom is 0.253 e. The van der Waals surface area contributed by atoms with E-state index in [1.807, 2.05) is 12.1 Å².